The fraction of sp³-hybridized carbons (Fsp3) is 0.375. The quantitative estimate of drug-likeness (QED) is 0.280. The van der Waals surface area contributed by atoms with Crippen LogP contribution in [0.3, 0.4) is 0 Å². The Balaban J connectivity index is 1.06. The van der Waals surface area contributed by atoms with Gasteiger partial charge in [0.2, 0.25) is 5.88 Å². The monoisotopic (exact) mass is 601 g/mol. The Morgan fingerprint density at radius 1 is 1.14 bits per heavy atom. The largest absolute Gasteiger partial charge is 0.494 e. The summed E-state index contributed by atoms with van der Waals surface area (Å²) in [6.07, 6.45) is 0.965. The van der Waals surface area contributed by atoms with Crippen molar-refractivity contribution in [3.05, 3.63) is 82.3 Å². The van der Waals surface area contributed by atoms with Crippen LogP contribution >= 0.6 is 0 Å². The van der Waals surface area contributed by atoms with Crippen molar-refractivity contribution in [2.45, 2.75) is 38.1 Å². The highest BCUT2D eigenvalue weighted by Gasteiger charge is 2.58. The molecule has 0 bridgehead atoms. The van der Waals surface area contributed by atoms with Crippen molar-refractivity contribution in [2.75, 3.05) is 26.8 Å². The molecular formula is C32H29F2N5O5. The molecular weight excluding hydrogens is 572 g/mol. The summed E-state index contributed by atoms with van der Waals surface area (Å²) < 4.78 is 48.1. The van der Waals surface area contributed by atoms with Crippen LogP contribution in [-0.2, 0) is 24.4 Å². The minimum atomic E-state index is -1.04. The number of ether oxygens (including phenoxy) is 3. The van der Waals surface area contributed by atoms with Crippen molar-refractivity contribution in [3.63, 3.8) is 0 Å². The van der Waals surface area contributed by atoms with Crippen molar-refractivity contribution in [1.29, 1.82) is 5.26 Å². The summed E-state index contributed by atoms with van der Waals surface area (Å²) in [6.45, 7) is 3.19. The number of hydrogen-bond donors (Lipinski definition) is 1. The summed E-state index contributed by atoms with van der Waals surface area (Å²) in [4.78, 5) is 23.4. The van der Waals surface area contributed by atoms with Crippen LogP contribution in [0.5, 0.6) is 11.6 Å². The lowest BCUT2D eigenvalue weighted by Gasteiger charge is -2.28. The van der Waals surface area contributed by atoms with Gasteiger partial charge in [0.15, 0.2) is 0 Å². The highest BCUT2D eigenvalue weighted by Crippen LogP contribution is 2.58. The van der Waals surface area contributed by atoms with Crippen molar-refractivity contribution >= 4 is 17.0 Å². The van der Waals surface area contributed by atoms with Gasteiger partial charge in [-0.1, -0.05) is 6.07 Å². The number of halogens is 2. The number of pyridine rings is 1. The first-order valence-corrected chi connectivity index (χ1v) is 14.4. The van der Waals surface area contributed by atoms with E-state index < -0.39 is 17.6 Å². The number of fused-ring (bicyclic) bond motifs is 2. The van der Waals surface area contributed by atoms with Gasteiger partial charge in [0.05, 0.1) is 54.7 Å². The smallest absolute Gasteiger partial charge is 0.335 e. The third-order valence-corrected chi connectivity index (χ3v) is 8.90. The molecule has 2 aromatic heterocycles. The molecule has 4 heterocycles. The van der Waals surface area contributed by atoms with E-state index in [1.165, 1.54) is 37.4 Å². The number of hydrogen-bond acceptors (Lipinski definition) is 8. The molecule has 4 aromatic rings. The molecule has 3 fully saturated rings. The number of carboxylic acid groups (broad SMARTS) is 1. The molecule has 2 aromatic carbocycles. The second kappa shape index (κ2) is 11.2. The summed E-state index contributed by atoms with van der Waals surface area (Å²) in [6, 6.07) is 11.9. The lowest BCUT2D eigenvalue weighted by molar-refractivity contribution is -0.0591. The first-order chi connectivity index (χ1) is 21.3. The standard InChI is InChI=1S/C32H29F2N5O5/c1-42-26-10-19(32(40)41)9-25-31(26)36-27(39(25)12-20-6-7-43-20)15-38-13-21-22(14-38)29(21)30-23(33)4-5-28(37-30)44-16-18-3-2-17(11-35)8-24(18)34/h2-5,8-10,20-22,29H,6-7,12-16H2,1H3,(H,40,41)/t20-,21-,22+,29+/m0/s1. The molecule has 1 saturated carbocycles. The molecule has 0 amide bonds. The number of nitrogens with zero attached hydrogens (tertiary/aromatic N) is 5. The van der Waals surface area contributed by atoms with E-state index in [2.05, 4.69) is 9.88 Å². The Kier molecular flexibility index (Phi) is 7.14. The molecule has 1 aliphatic carbocycles. The molecule has 226 valence electrons. The number of imidazole rings is 1. The lowest BCUT2D eigenvalue weighted by Crippen LogP contribution is -2.33. The van der Waals surface area contributed by atoms with E-state index in [0.717, 1.165) is 31.4 Å². The lowest BCUT2D eigenvalue weighted by atomic mass is 10.1. The van der Waals surface area contributed by atoms with Crippen molar-refractivity contribution in [2.24, 2.45) is 11.8 Å². The summed E-state index contributed by atoms with van der Waals surface area (Å²) in [7, 11) is 1.50. The molecule has 4 atom stereocenters. The van der Waals surface area contributed by atoms with E-state index in [-0.39, 0.29) is 53.0 Å². The van der Waals surface area contributed by atoms with Crippen LogP contribution in [0, 0.1) is 34.8 Å². The minimum Gasteiger partial charge on any atom is -0.494 e. The third-order valence-electron chi connectivity index (χ3n) is 8.90. The van der Waals surface area contributed by atoms with Gasteiger partial charge < -0.3 is 23.9 Å². The number of rotatable bonds is 10. The highest BCUT2D eigenvalue weighted by molar-refractivity contribution is 5.95. The Hall–Kier alpha value is -4.60. The zero-order valence-electron chi connectivity index (χ0n) is 23.9. The number of piperidine rings is 1. The van der Waals surface area contributed by atoms with Gasteiger partial charge in [-0.2, -0.15) is 5.26 Å². The van der Waals surface area contributed by atoms with E-state index in [1.807, 2.05) is 10.6 Å². The van der Waals surface area contributed by atoms with Crippen LogP contribution in [-0.4, -0.2) is 63.4 Å². The van der Waals surface area contributed by atoms with Crippen LogP contribution in [0.25, 0.3) is 11.0 Å². The third kappa shape index (κ3) is 5.12. The van der Waals surface area contributed by atoms with Crippen molar-refractivity contribution < 1.29 is 32.9 Å². The Morgan fingerprint density at radius 2 is 1.93 bits per heavy atom. The zero-order valence-corrected chi connectivity index (χ0v) is 23.9. The summed E-state index contributed by atoms with van der Waals surface area (Å²) in [5.74, 6) is -0.145. The molecule has 10 nitrogen and oxygen atoms in total. The van der Waals surface area contributed by atoms with Crippen LogP contribution in [0.2, 0.25) is 0 Å². The maximum absolute atomic E-state index is 14.9. The maximum Gasteiger partial charge on any atom is 0.335 e. The fourth-order valence-corrected chi connectivity index (χ4v) is 6.46. The van der Waals surface area contributed by atoms with E-state index >= 15 is 0 Å². The van der Waals surface area contributed by atoms with E-state index in [9.17, 15) is 18.7 Å². The van der Waals surface area contributed by atoms with Gasteiger partial charge in [0.25, 0.3) is 0 Å². The van der Waals surface area contributed by atoms with E-state index in [0.29, 0.717) is 42.2 Å². The topological polar surface area (TPSA) is 123 Å². The van der Waals surface area contributed by atoms with Gasteiger partial charge in [0, 0.05) is 37.2 Å². The van der Waals surface area contributed by atoms with Gasteiger partial charge in [0.1, 0.15) is 35.3 Å². The molecule has 3 aliphatic rings. The number of carbonyl (C=O) groups is 1. The summed E-state index contributed by atoms with van der Waals surface area (Å²) >= 11 is 0. The zero-order chi connectivity index (χ0) is 30.5. The van der Waals surface area contributed by atoms with Gasteiger partial charge in [-0.25, -0.2) is 23.5 Å². The average Bonchev–Trinajstić information content (AvgIpc) is 3.30. The number of carboxylic acids is 1. The first kappa shape index (κ1) is 28.2. The normalized spacial score (nSPS) is 22.3. The highest BCUT2D eigenvalue weighted by atomic mass is 19.1. The maximum atomic E-state index is 14.9. The van der Waals surface area contributed by atoms with Crippen LogP contribution in [0.15, 0.2) is 42.5 Å². The summed E-state index contributed by atoms with van der Waals surface area (Å²) in [5.41, 5.74) is 2.29. The second-order valence-electron chi connectivity index (χ2n) is 11.5. The molecule has 44 heavy (non-hydrogen) atoms. The van der Waals surface area contributed by atoms with Gasteiger partial charge in [-0.3, -0.25) is 4.90 Å². The molecule has 0 unspecified atom stereocenters. The average molecular weight is 602 g/mol. The first-order valence-electron chi connectivity index (χ1n) is 14.4. The molecule has 0 spiro atoms. The van der Waals surface area contributed by atoms with Crippen LogP contribution in [0.4, 0.5) is 8.78 Å². The molecule has 0 radical (unpaired) electrons. The number of aromatic nitrogens is 3. The minimum absolute atomic E-state index is 0.0399. The van der Waals surface area contributed by atoms with Crippen molar-refractivity contribution in [1.82, 2.24) is 19.4 Å². The van der Waals surface area contributed by atoms with Gasteiger partial charge in [-0.15, -0.1) is 0 Å². The van der Waals surface area contributed by atoms with Gasteiger partial charge >= 0.3 is 5.97 Å². The fourth-order valence-electron chi connectivity index (χ4n) is 6.46. The number of nitriles is 1. The Labute approximate surface area is 251 Å². The number of likely N-dealkylation sites (tertiary alicyclic amines) is 1. The molecule has 7 rings (SSSR count). The van der Waals surface area contributed by atoms with E-state index in [4.69, 9.17) is 24.5 Å². The van der Waals surface area contributed by atoms with Crippen LogP contribution < -0.4 is 9.47 Å². The molecule has 2 saturated heterocycles. The van der Waals surface area contributed by atoms with Crippen molar-refractivity contribution in [3.8, 4) is 17.7 Å². The molecule has 2 aliphatic heterocycles. The molecule has 12 heteroatoms. The summed E-state index contributed by atoms with van der Waals surface area (Å²) in [5, 5.41) is 18.6. The Morgan fingerprint density at radius 3 is 2.59 bits per heavy atom. The predicted octanol–water partition coefficient (Wildman–Crippen LogP) is 4.50. The van der Waals surface area contributed by atoms with Gasteiger partial charge in [-0.05, 0) is 48.6 Å². The Bertz CT molecular complexity index is 1810. The van der Waals surface area contributed by atoms with E-state index in [1.54, 1.807) is 6.07 Å². The predicted molar refractivity (Wildman–Crippen MR) is 152 cm³/mol. The second-order valence-corrected chi connectivity index (χ2v) is 11.5. The molecule has 1 N–H and O–H groups in total. The number of aromatic carboxylic acids is 1. The SMILES string of the molecule is COc1cc(C(=O)O)cc2c1nc(CN1C[C@@H]3[C@H](C1)[C@H]3c1nc(OCc3ccc(C#N)cc3F)ccc1F)n2C[C@@H]1CCO1. The van der Waals surface area contributed by atoms with Crippen LogP contribution in [0.1, 0.15) is 45.3 Å². The number of benzene rings is 2. The number of methoxy groups -OCH3 is 1.